The highest BCUT2D eigenvalue weighted by atomic mass is 16.5. The number of fused-ring (bicyclic) bond motifs is 1. The molecule has 0 unspecified atom stereocenters. The van der Waals surface area contributed by atoms with E-state index in [1.807, 2.05) is 32.9 Å². The number of ether oxygens (including phenoxy) is 3. The van der Waals surface area contributed by atoms with E-state index < -0.39 is 29.8 Å². The zero-order chi connectivity index (χ0) is 33.1. The fourth-order valence-electron chi connectivity index (χ4n) is 5.20. The number of carbonyl (C=O) groups is 4. The second kappa shape index (κ2) is 16.7. The van der Waals surface area contributed by atoms with E-state index in [1.54, 1.807) is 49.4 Å². The molecule has 1 heterocycles. The third kappa shape index (κ3) is 10.4. The summed E-state index contributed by atoms with van der Waals surface area (Å²) in [5.41, 5.74) is 1.24. The Hall–Kier alpha value is -4.28. The summed E-state index contributed by atoms with van der Waals surface area (Å²) in [5.74, 6) is -0.0634. The van der Waals surface area contributed by atoms with E-state index in [4.69, 9.17) is 14.2 Å². The molecule has 0 aromatic heterocycles. The van der Waals surface area contributed by atoms with Crippen LogP contribution >= 0.6 is 0 Å². The minimum Gasteiger partial charge on any atom is -0.493 e. The molecule has 3 rings (SSSR count). The highest BCUT2D eigenvalue weighted by Crippen LogP contribution is 2.27. The third-order valence-electron chi connectivity index (χ3n) is 7.53. The molecule has 11 heteroatoms. The third-order valence-corrected chi connectivity index (χ3v) is 7.53. The van der Waals surface area contributed by atoms with Crippen molar-refractivity contribution in [1.82, 2.24) is 20.9 Å². The van der Waals surface area contributed by atoms with Crippen LogP contribution in [-0.4, -0.2) is 80.6 Å². The molecule has 3 N–H and O–H groups in total. The number of para-hydroxylation sites is 1. The standard InChI is InChI=1S/C34H48N4O7/c1-21(2)16-24-20-45-28-11-9-8-10-25(28)32(40)37-26(19-31(39)36-27(17-22(3)4)34(42)38(24)6)33(41)35-14-15-44-29-13-12-23(5)18-30(29)43-7/h8-13,18,21-22,24,26-27H,14-17,19-20H2,1-7H3,(H,35,41)(H,36,39)(H,37,40)/t24-,26+,27+/m1/s1. The molecule has 0 bridgehead atoms. The van der Waals surface area contributed by atoms with Crippen molar-refractivity contribution in [3.63, 3.8) is 0 Å². The number of hydrogen-bond acceptors (Lipinski definition) is 7. The monoisotopic (exact) mass is 624 g/mol. The van der Waals surface area contributed by atoms with Crippen molar-refractivity contribution in [2.75, 3.05) is 33.9 Å². The SMILES string of the molecule is COc1cc(C)ccc1OCCNC(=O)[C@@H]1CC(=O)N[C@@H](CC(C)C)C(=O)N(C)[C@H](CC(C)C)COc2ccccc2C(=O)N1. The predicted octanol–water partition coefficient (Wildman–Crippen LogP) is 3.48. The molecule has 3 atom stereocenters. The number of rotatable bonds is 10. The van der Waals surface area contributed by atoms with Gasteiger partial charge in [0.05, 0.1) is 31.7 Å². The highest BCUT2D eigenvalue weighted by molar-refractivity contribution is 6.01. The Labute approximate surface area is 266 Å². The van der Waals surface area contributed by atoms with Gasteiger partial charge in [-0.3, -0.25) is 19.2 Å². The number of carbonyl (C=O) groups excluding carboxylic acids is 4. The topological polar surface area (TPSA) is 135 Å². The number of aryl methyl sites for hydroxylation is 1. The number of nitrogens with one attached hydrogen (secondary N) is 3. The Morgan fingerprint density at radius 3 is 2.42 bits per heavy atom. The second-order valence-electron chi connectivity index (χ2n) is 12.3. The molecule has 45 heavy (non-hydrogen) atoms. The maximum atomic E-state index is 13.7. The van der Waals surface area contributed by atoms with Crippen molar-refractivity contribution in [2.45, 2.75) is 72.0 Å². The minimum absolute atomic E-state index is 0.111. The Morgan fingerprint density at radius 2 is 1.73 bits per heavy atom. The number of hydrogen-bond donors (Lipinski definition) is 3. The van der Waals surface area contributed by atoms with Crippen LogP contribution in [0, 0.1) is 18.8 Å². The molecule has 1 aliphatic heterocycles. The molecule has 2 aromatic carbocycles. The first-order valence-corrected chi connectivity index (χ1v) is 15.5. The first-order valence-electron chi connectivity index (χ1n) is 15.5. The van der Waals surface area contributed by atoms with E-state index >= 15 is 0 Å². The summed E-state index contributed by atoms with van der Waals surface area (Å²) in [4.78, 5) is 55.6. The lowest BCUT2D eigenvalue weighted by atomic mass is 9.99. The maximum absolute atomic E-state index is 13.7. The van der Waals surface area contributed by atoms with Crippen LogP contribution in [0.15, 0.2) is 42.5 Å². The van der Waals surface area contributed by atoms with Crippen molar-refractivity contribution >= 4 is 23.6 Å². The molecular formula is C34H48N4O7. The number of likely N-dealkylation sites (N-methyl/N-ethyl adjacent to an activating group) is 1. The van der Waals surface area contributed by atoms with Crippen molar-refractivity contribution in [3.8, 4) is 17.2 Å². The van der Waals surface area contributed by atoms with E-state index in [9.17, 15) is 19.2 Å². The molecule has 0 radical (unpaired) electrons. The summed E-state index contributed by atoms with van der Waals surface area (Å²) in [6.07, 6.45) is 0.714. The fourth-order valence-corrected chi connectivity index (χ4v) is 5.20. The molecule has 0 aliphatic carbocycles. The lowest BCUT2D eigenvalue weighted by molar-refractivity contribution is -0.138. The van der Waals surface area contributed by atoms with Crippen LogP contribution in [0.4, 0.5) is 0 Å². The van der Waals surface area contributed by atoms with Crippen LogP contribution in [0.25, 0.3) is 0 Å². The molecule has 0 saturated carbocycles. The molecular weight excluding hydrogens is 576 g/mol. The Morgan fingerprint density at radius 1 is 1.02 bits per heavy atom. The first kappa shape index (κ1) is 35.2. The average Bonchev–Trinajstić information content (AvgIpc) is 2.99. The lowest BCUT2D eigenvalue weighted by Crippen LogP contribution is -2.55. The lowest BCUT2D eigenvalue weighted by Gasteiger charge is -2.33. The second-order valence-corrected chi connectivity index (χ2v) is 12.3. The summed E-state index contributed by atoms with van der Waals surface area (Å²) in [7, 11) is 3.27. The molecule has 0 fully saturated rings. The highest BCUT2D eigenvalue weighted by Gasteiger charge is 2.33. The van der Waals surface area contributed by atoms with Gasteiger partial charge in [0.1, 0.15) is 31.0 Å². The molecule has 1 aliphatic rings. The first-order chi connectivity index (χ1) is 21.4. The van der Waals surface area contributed by atoms with Gasteiger partial charge in [-0.25, -0.2) is 0 Å². The molecule has 246 valence electrons. The maximum Gasteiger partial charge on any atom is 0.255 e. The zero-order valence-corrected chi connectivity index (χ0v) is 27.5. The van der Waals surface area contributed by atoms with Gasteiger partial charge in [0, 0.05) is 7.05 Å². The van der Waals surface area contributed by atoms with Gasteiger partial charge in [-0.1, -0.05) is 45.9 Å². The molecule has 0 saturated heterocycles. The van der Waals surface area contributed by atoms with Crippen LogP contribution < -0.4 is 30.2 Å². The van der Waals surface area contributed by atoms with E-state index in [2.05, 4.69) is 29.8 Å². The number of benzene rings is 2. The van der Waals surface area contributed by atoms with E-state index in [1.165, 1.54) is 0 Å². The summed E-state index contributed by atoms with van der Waals surface area (Å²) in [5, 5.41) is 8.30. The zero-order valence-electron chi connectivity index (χ0n) is 27.5. The minimum atomic E-state index is -1.22. The van der Waals surface area contributed by atoms with Gasteiger partial charge in [-0.05, 0) is 61.4 Å². The summed E-state index contributed by atoms with van der Waals surface area (Å²) in [6, 6.07) is 9.93. The number of nitrogens with zero attached hydrogens (tertiary/aromatic N) is 1. The van der Waals surface area contributed by atoms with Crippen LogP contribution in [-0.2, 0) is 14.4 Å². The summed E-state index contributed by atoms with van der Waals surface area (Å²) >= 11 is 0. The van der Waals surface area contributed by atoms with Crippen LogP contribution in [0.5, 0.6) is 17.2 Å². The van der Waals surface area contributed by atoms with Gasteiger partial charge >= 0.3 is 0 Å². The summed E-state index contributed by atoms with van der Waals surface area (Å²) < 4.78 is 17.3. The Kier molecular flexibility index (Phi) is 13.1. The van der Waals surface area contributed by atoms with Crippen molar-refractivity contribution < 1.29 is 33.4 Å². The van der Waals surface area contributed by atoms with Gasteiger partial charge in [-0.15, -0.1) is 0 Å². The van der Waals surface area contributed by atoms with Crippen molar-refractivity contribution in [3.05, 3.63) is 53.6 Å². The van der Waals surface area contributed by atoms with Gasteiger partial charge < -0.3 is 35.1 Å². The van der Waals surface area contributed by atoms with Gasteiger partial charge in [0.2, 0.25) is 17.7 Å². The Bertz CT molecular complexity index is 1330. The average molecular weight is 625 g/mol. The quantitative estimate of drug-likeness (QED) is 0.345. The van der Waals surface area contributed by atoms with Crippen LogP contribution in [0.1, 0.15) is 62.9 Å². The smallest absolute Gasteiger partial charge is 0.255 e. The predicted molar refractivity (Wildman–Crippen MR) is 171 cm³/mol. The van der Waals surface area contributed by atoms with Crippen LogP contribution in [0.3, 0.4) is 0 Å². The largest absolute Gasteiger partial charge is 0.493 e. The molecule has 4 amide bonds. The fraction of sp³-hybridized carbons (Fsp3) is 0.529. The molecule has 0 spiro atoms. The van der Waals surface area contributed by atoms with Crippen molar-refractivity contribution in [1.29, 1.82) is 0 Å². The van der Waals surface area contributed by atoms with Gasteiger partial charge in [0.25, 0.3) is 5.91 Å². The van der Waals surface area contributed by atoms with E-state index in [0.29, 0.717) is 30.1 Å². The van der Waals surface area contributed by atoms with Gasteiger partial charge in [0.15, 0.2) is 11.5 Å². The van der Waals surface area contributed by atoms with Crippen molar-refractivity contribution in [2.24, 2.45) is 11.8 Å². The van der Waals surface area contributed by atoms with Gasteiger partial charge in [-0.2, -0.15) is 0 Å². The number of methoxy groups -OCH3 is 1. The van der Waals surface area contributed by atoms with Crippen LogP contribution in [0.2, 0.25) is 0 Å². The normalized spacial score (nSPS) is 19.6. The Balaban J connectivity index is 1.84. The summed E-state index contributed by atoms with van der Waals surface area (Å²) in [6.45, 7) is 10.4. The molecule has 11 nitrogen and oxygen atoms in total. The van der Waals surface area contributed by atoms with E-state index in [-0.39, 0.29) is 55.5 Å². The number of amides is 4. The van der Waals surface area contributed by atoms with E-state index in [0.717, 1.165) is 5.56 Å². The molecule has 2 aromatic rings.